The Morgan fingerprint density at radius 3 is 2.53 bits per heavy atom. The number of aromatic amines is 1. The summed E-state index contributed by atoms with van der Waals surface area (Å²) < 4.78 is 40.3. The minimum absolute atomic E-state index is 0.0614. The number of carbonyl (C=O) groups is 2. The van der Waals surface area contributed by atoms with Crippen LogP contribution >= 0.6 is 0 Å². The van der Waals surface area contributed by atoms with Crippen LogP contribution in [0.15, 0.2) is 30.6 Å². The SMILES string of the molecule is CN(C)C(=O)C1CN(C(=O)c2cn[nH]c2)CC12CCN(c1ccc(C#N)c(C(F)(F)F)c1)CC2. The van der Waals surface area contributed by atoms with Crippen molar-refractivity contribution < 1.29 is 22.8 Å². The number of alkyl halides is 3. The van der Waals surface area contributed by atoms with Crippen LogP contribution < -0.4 is 4.90 Å². The first-order valence-electron chi connectivity index (χ1n) is 10.9. The molecule has 2 fully saturated rings. The lowest BCUT2D eigenvalue weighted by Gasteiger charge is -2.43. The highest BCUT2D eigenvalue weighted by Crippen LogP contribution is 2.46. The second kappa shape index (κ2) is 8.66. The van der Waals surface area contributed by atoms with Crippen LogP contribution in [0.25, 0.3) is 0 Å². The molecule has 2 saturated heterocycles. The number of hydrogen-bond donors (Lipinski definition) is 1. The van der Waals surface area contributed by atoms with Gasteiger partial charge in [-0.25, -0.2) is 0 Å². The largest absolute Gasteiger partial charge is 0.417 e. The van der Waals surface area contributed by atoms with Crippen molar-refractivity contribution in [2.24, 2.45) is 11.3 Å². The van der Waals surface area contributed by atoms with Crippen LogP contribution in [0.3, 0.4) is 0 Å². The van der Waals surface area contributed by atoms with E-state index in [4.69, 9.17) is 5.26 Å². The van der Waals surface area contributed by atoms with Crippen molar-refractivity contribution in [1.29, 1.82) is 5.26 Å². The zero-order valence-corrected chi connectivity index (χ0v) is 18.9. The molecule has 3 heterocycles. The molecule has 1 unspecified atom stereocenters. The minimum Gasteiger partial charge on any atom is -0.371 e. The fourth-order valence-electron chi connectivity index (χ4n) is 5.10. The summed E-state index contributed by atoms with van der Waals surface area (Å²) in [6, 6.07) is 5.34. The fraction of sp³-hybridized carbons (Fsp3) is 0.478. The summed E-state index contributed by atoms with van der Waals surface area (Å²) in [5.41, 5.74) is -1.02. The molecule has 4 rings (SSSR count). The number of piperidine rings is 1. The van der Waals surface area contributed by atoms with E-state index in [1.165, 1.54) is 29.4 Å². The molecule has 0 radical (unpaired) electrons. The molecule has 2 aliphatic rings. The Morgan fingerprint density at radius 1 is 1.26 bits per heavy atom. The lowest BCUT2D eigenvalue weighted by molar-refractivity contribution is -0.138. The van der Waals surface area contributed by atoms with Crippen molar-refractivity contribution in [2.75, 3.05) is 45.2 Å². The highest BCUT2D eigenvalue weighted by molar-refractivity contribution is 5.94. The molecule has 11 heteroatoms. The van der Waals surface area contributed by atoms with Gasteiger partial charge in [-0.2, -0.15) is 23.5 Å². The summed E-state index contributed by atoms with van der Waals surface area (Å²) in [6.45, 7) is 1.56. The molecule has 34 heavy (non-hydrogen) atoms. The summed E-state index contributed by atoms with van der Waals surface area (Å²) in [7, 11) is 3.36. The van der Waals surface area contributed by atoms with Crippen LogP contribution in [-0.4, -0.2) is 72.1 Å². The summed E-state index contributed by atoms with van der Waals surface area (Å²) in [5, 5.41) is 15.5. The van der Waals surface area contributed by atoms with Crippen LogP contribution in [-0.2, 0) is 11.0 Å². The number of aromatic nitrogens is 2. The van der Waals surface area contributed by atoms with Gasteiger partial charge in [-0.15, -0.1) is 0 Å². The number of nitriles is 1. The zero-order valence-electron chi connectivity index (χ0n) is 18.9. The number of halogens is 3. The number of hydrogen-bond acceptors (Lipinski definition) is 5. The van der Waals surface area contributed by atoms with Crippen molar-refractivity contribution in [1.82, 2.24) is 20.0 Å². The van der Waals surface area contributed by atoms with E-state index in [-0.39, 0.29) is 18.4 Å². The summed E-state index contributed by atoms with van der Waals surface area (Å²) >= 11 is 0. The maximum absolute atomic E-state index is 13.4. The van der Waals surface area contributed by atoms with E-state index in [0.29, 0.717) is 43.7 Å². The molecule has 0 saturated carbocycles. The van der Waals surface area contributed by atoms with Crippen LogP contribution in [0.1, 0.15) is 34.3 Å². The van der Waals surface area contributed by atoms with Crippen molar-refractivity contribution in [2.45, 2.75) is 19.0 Å². The quantitative estimate of drug-likeness (QED) is 0.738. The number of nitrogens with one attached hydrogen (secondary N) is 1. The number of benzene rings is 1. The molecule has 1 atom stereocenters. The van der Waals surface area contributed by atoms with Crippen LogP contribution in [0.4, 0.5) is 18.9 Å². The molecule has 2 aromatic rings. The summed E-state index contributed by atoms with van der Waals surface area (Å²) in [5.74, 6) is -0.660. The van der Waals surface area contributed by atoms with Gasteiger partial charge in [0, 0.05) is 57.6 Å². The van der Waals surface area contributed by atoms with Gasteiger partial charge in [-0.3, -0.25) is 14.7 Å². The number of carbonyl (C=O) groups excluding carboxylic acids is 2. The Bertz CT molecular complexity index is 1110. The van der Waals surface area contributed by atoms with E-state index >= 15 is 0 Å². The molecule has 1 N–H and O–H groups in total. The molecule has 2 amide bonds. The molecule has 1 aromatic carbocycles. The van der Waals surface area contributed by atoms with Crippen LogP contribution in [0.2, 0.25) is 0 Å². The van der Waals surface area contributed by atoms with E-state index in [1.807, 2.05) is 4.90 Å². The standard InChI is InChI=1S/C23H25F3N6O2/c1-30(2)21(34)19-13-32(20(33)16-11-28-29-12-16)14-22(19)5-7-31(8-6-22)17-4-3-15(10-27)18(9-17)23(24,25)26/h3-4,9,11-12,19H,5-8,13-14H2,1-2H3,(H,28,29). The smallest absolute Gasteiger partial charge is 0.371 e. The van der Waals surface area contributed by atoms with Gasteiger partial charge in [-0.1, -0.05) is 0 Å². The first-order chi connectivity index (χ1) is 16.1. The predicted molar refractivity (Wildman–Crippen MR) is 117 cm³/mol. The van der Waals surface area contributed by atoms with Gasteiger partial charge < -0.3 is 14.7 Å². The summed E-state index contributed by atoms with van der Waals surface area (Å²) in [4.78, 5) is 31.0. The van der Waals surface area contributed by atoms with E-state index in [1.54, 1.807) is 25.1 Å². The average molecular weight is 474 g/mol. The van der Waals surface area contributed by atoms with Gasteiger partial charge in [0.1, 0.15) is 0 Å². The molecule has 2 aliphatic heterocycles. The Balaban J connectivity index is 1.57. The Labute approximate surface area is 194 Å². The predicted octanol–water partition coefficient (Wildman–Crippen LogP) is 2.75. The fourth-order valence-corrected chi connectivity index (χ4v) is 5.10. The van der Waals surface area contributed by atoms with E-state index in [2.05, 4.69) is 10.2 Å². The topological polar surface area (TPSA) is 96.3 Å². The van der Waals surface area contributed by atoms with Gasteiger partial charge in [0.2, 0.25) is 5.91 Å². The Kier molecular flexibility index (Phi) is 6.02. The molecule has 8 nitrogen and oxygen atoms in total. The molecule has 1 spiro atoms. The minimum atomic E-state index is -4.62. The van der Waals surface area contributed by atoms with E-state index < -0.39 is 28.6 Å². The van der Waals surface area contributed by atoms with Crippen LogP contribution in [0, 0.1) is 22.7 Å². The van der Waals surface area contributed by atoms with Crippen molar-refractivity contribution in [3.8, 4) is 6.07 Å². The Morgan fingerprint density at radius 2 is 1.97 bits per heavy atom. The third-order valence-corrected chi connectivity index (χ3v) is 6.97. The van der Waals surface area contributed by atoms with Crippen molar-refractivity contribution >= 4 is 17.5 Å². The average Bonchev–Trinajstić information content (AvgIpc) is 3.46. The van der Waals surface area contributed by atoms with E-state index in [9.17, 15) is 22.8 Å². The van der Waals surface area contributed by atoms with Crippen LogP contribution in [0.5, 0.6) is 0 Å². The van der Waals surface area contributed by atoms with Crippen molar-refractivity contribution in [3.05, 3.63) is 47.3 Å². The number of rotatable bonds is 3. The highest BCUT2D eigenvalue weighted by atomic mass is 19.4. The number of amides is 2. The number of likely N-dealkylation sites (tertiary alicyclic amines) is 1. The molecule has 180 valence electrons. The second-order valence-corrected chi connectivity index (χ2v) is 9.15. The monoisotopic (exact) mass is 474 g/mol. The second-order valence-electron chi connectivity index (χ2n) is 9.15. The number of H-pyrrole nitrogens is 1. The molecular weight excluding hydrogens is 449 g/mol. The lowest BCUT2D eigenvalue weighted by Crippen LogP contribution is -2.48. The first kappa shape index (κ1) is 23.6. The highest BCUT2D eigenvalue weighted by Gasteiger charge is 2.53. The maximum Gasteiger partial charge on any atom is 0.417 e. The molecular formula is C23H25F3N6O2. The summed E-state index contributed by atoms with van der Waals surface area (Å²) in [6.07, 6.45) is -0.564. The van der Waals surface area contributed by atoms with Gasteiger partial charge in [0.05, 0.1) is 34.9 Å². The van der Waals surface area contributed by atoms with Gasteiger partial charge >= 0.3 is 6.18 Å². The number of nitrogens with zero attached hydrogens (tertiary/aromatic N) is 5. The molecule has 0 bridgehead atoms. The molecule has 0 aliphatic carbocycles. The number of anilines is 1. The third-order valence-electron chi connectivity index (χ3n) is 6.97. The molecule has 1 aromatic heterocycles. The lowest BCUT2D eigenvalue weighted by atomic mass is 9.70. The van der Waals surface area contributed by atoms with Gasteiger partial charge in [-0.05, 0) is 31.0 Å². The van der Waals surface area contributed by atoms with Gasteiger partial charge in [0.25, 0.3) is 5.91 Å². The zero-order chi connectivity index (χ0) is 24.7. The van der Waals surface area contributed by atoms with Gasteiger partial charge in [0.15, 0.2) is 0 Å². The first-order valence-corrected chi connectivity index (χ1v) is 10.9. The third kappa shape index (κ3) is 4.20. The van der Waals surface area contributed by atoms with E-state index in [0.717, 1.165) is 6.07 Å². The normalized spacial score (nSPS) is 19.8. The Hall–Kier alpha value is -3.55. The maximum atomic E-state index is 13.4. The van der Waals surface area contributed by atoms with Crippen molar-refractivity contribution in [3.63, 3.8) is 0 Å².